The Kier molecular flexibility index (Phi) is 6.25. The van der Waals surface area contributed by atoms with Crippen molar-refractivity contribution in [1.29, 1.82) is 0 Å². The lowest BCUT2D eigenvalue weighted by molar-refractivity contribution is -0.131. The van der Waals surface area contributed by atoms with E-state index in [1.165, 1.54) is 0 Å². The Morgan fingerprint density at radius 3 is 2.73 bits per heavy atom. The van der Waals surface area contributed by atoms with Crippen LogP contribution in [0.5, 0.6) is 0 Å². The maximum atomic E-state index is 13.1. The number of halogens is 1. The lowest BCUT2D eigenvalue weighted by atomic mass is 9.85. The number of rotatable bonds is 5. The molecule has 1 saturated heterocycles. The van der Waals surface area contributed by atoms with E-state index in [1.807, 2.05) is 47.4 Å². The van der Waals surface area contributed by atoms with Crippen molar-refractivity contribution in [2.75, 3.05) is 44.0 Å². The zero-order valence-electron chi connectivity index (χ0n) is 17.2. The predicted molar refractivity (Wildman–Crippen MR) is 122 cm³/mol. The number of hydrogen-bond acceptors (Lipinski definition) is 4. The molecule has 2 heterocycles. The third-order valence-electron chi connectivity index (χ3n) is 5.69. The molecular weight excluding hydrogens is 400 g/mol. The number of carbonyl (C=O) groups excluding carboxylic acids is 1. The van der Waals surface area contributed by atoms with Crippen LogP contribution in [-0.2, 0) is 16.0 Å². The van der Waals surface area contributed by atoms with Crippen molar-refractivity contribution < 1.29 is 9.53 Å². The van der Waals surface area contributed by atoms with E-state index in [-0.39, 0.29) is 5.91 Å². The summed E-state index contributed by atoms with van der Waals surface area (Å²) in [5, 5.41) is 7.89. The normalized spacial score (nSPS) is 21.8. The Morgan fingerprint density at radius 1 is 1.20 bits per heavy atom. The van der Waals surface area contributed by atoms with Gasteiger partial charge in [-0.05, 0) is 42.7 Å². The van der Waals surface area contributed by atoms with Crippen molar-refractivity contribution in [3.05, 3.63) is 59.1 Å². The number of likely N-dealkylation sites (tertiary alicyclic amines) is 1. The minimum Gasteiger partial charge on any atom is -0.383 e. The van der Waals surface area contributed by atoms with Crippen molar-refractivity contribution >= 4 is 34.7 Å². The molecule has 2 N–H and O–H groups in total. The van der Waals surface area contributed by atoms with Crippen molar-refractivity contribution in [3.8, 4) is 0 Å². The summed E-state index contributed by atoms with van der Waals surface area (Å²) < 4.78 is 5.18. The molecule has 0 saturated carbocycles. The molecule has 1 fully saturated rings. The molecule has 30 heavy (non-hydrogen) atoms. The number of benzene rings is 2. The summed E-state index contributed by atoms with van der Waals surface area (Å²) in [6.07, 6.45) is 2.19. The predicted octanol–water partition coefficient (Wildman–Crippen LogP) is 3.83. The van der Waals surface area contributed by atoms with E-state index in [0.29, 0.717) is 31.1 Å². The SMILES string of the molecule is COCCN=C1Nc2ccccc2N[C@]12CCCN(C(=O)Cc1ccc(Cl)cc1)C2. The first-order valence-corrected chi connectivity index (χ1v) is 10.7. The summed E-state index contributed by atoms with van der Waals surface area (Å²) in [5.41, 5.74) is 2.59. The molecule has 2 aromatic carbocycles. The summed E-state index contributed by atoms with van der Waals surface area (Å²) >= 11 is 5.97. The summed E-state index contributed by atoms with van der Waals surface area (Å²) in [6, 6.07) is 15.6. The fourth-order valence-corrected chi connectivity index (χ4v) is 4.28. The number of amidine groups is 1. The second kappa shape index (κ2) is 9.06. The number of nitrogens with one attached hydrogen (secondary N) is 2. The standard InChI is InChI=1S/C23H27ClN4O2/c1-30-14-12-25-22-23(27-20-6-3-2-5-19(20)26-22)11-4-13-28(16-23)21(29)15-17-7-9-18(24)10-8-17/h2-3,5-10,27H,4,11-16H2,1H3,(H,25,26)/t23-/m0/s1. The third kappa shape index (κ3) is 4.45. The molecule has 158 valence electrons. The van der Waals surface area contributed by atoms with Crippen molar-refractivity contribution in [2.24, 2.45) is 4.99 Å². The number of amides is 1. The number of hydrogen-bond donors (Lipinski definition) is 2. The minimum atomic E-state index is -0.421. The Morgan fingerprint density at radius 2 is 1.97 bits per heavy atom. The second-order valence-corrected chi connectivity index (χ2v) is 8.26. The van der Waals surface area contributed by atoms with E-state index in [2.05, 4.69) is 16.7 Å². The van der Waals surface area contributed by atoms with E-state index in [9.17, 15) is 4.79 Å². The van der Waals surface area contributed by atoms with Gasteiger partial charge < -0.3 is 20.3 Å². The second-order valence-electron chi connectivity index (χ2n) is 7.82. The molecule has 7 heteroatoms. The molecule has 1 spiro atoms. The molecule has 2 aliphatic rings. The number of aliphatic imine (C=N–C) groups is 1. The van der Waals surface area contributed by atoms with Gasteiger partial charge in [0, 0.05) is 18.7 Å². The number of piperidine rings is 1. The first-order chi connectivity index (χ1) is 14.6. The highest BCUT2D eigenvalue weighted by Crippen LogP contribution is 2.36. The van der Waals surface area contributed by atoms with Crippen LogP contribution in [0, 0.1) is 0 Å². The Hall–Kier alpha value is -2.57. The van der Waals surface area contributed by atoms with E-state index in [1.54, 1.807) is 7.11 Å². The zero-order chi connectivity index (χ0) is 21.0. The molecular formula is C23H27ClN4O2. The maximum Gasteiger partial charge on any atom is 0.227 e. The average Bonchev–Trinajstić information content (AvgIpc) is 2.76. The first kappa shape index (κ1) is 20.7. The number of carbonyl (C=O) groups is 1. The smallest absolute Gasteiger partial charge is 0.227 e. The van der Waals surface area contributed by atoms with Gasteiger partial charge in [-0.2, -0.15) is 0 Å². The van der Waals surface area contributed by atoms with Gasteiger partial charge in [-0.3, -0.25) is 9.79 Å². The summed E-state index contributed by atoms with van der Waals surface area (Å²) in [4.78, 5) is 19.8. The van der Waals surface area contributed by atoms with Gasteiger partial charge in [0.15, 0.2) is 0 Å². The highest BCUT2D eigenvalue weighted by molar-refractivity contribution is 6.30. The van der Waals surface area contributed by atoms with Gasteiger partial charge in [0.1, 0.15) is 11.4 Å². The Bertz CT molecular complexity index is 931. The number of para-hydroxylation sites is 2. The van der Waals surface area contributed by atoms with Gasteiger partial charge in [-0.15, -0.1) is 0 Å². The van der Waals surface area contributed by atoms with Gasteiger partial charge in [0.2, 0.25) is 5.91 Å². The molecule has 0 aliphatic carbocycles. The number of fused-ring (bicyclic) bond motifs is 1. The topological polar surface area (TPSA) is 66.0 Å². The highest BCUT2D eigenvalue weighted by atomic mass is 35.5. The zero-order valence-corrected chi connectivity index (χ0v) is 17.9. The molecule has 1 amide bonds. The molecule has 2 aliphatic heterocycles. The monoisotopic (exact) mass is 426 g/mol. The summed E-state index contributed by atoms with van der Waals surface area (Å²) in [5.74, 6) is 0.996. The van der Waals surface area contributed by atoms with Gasteiger partial charge in [-0.25, -0.2) is 0 Å². The van der Waals surface area contributed by atoms with Crippen LogP contribution in [0.3, 0.4) is 0 Å². The van der Waals surface area contributed by atoms with Gasteiger partial charge in [0.25, 0.3) is 0 Å². The fourth-order valence-electron chi connectivity index (χ4n) is 4.16. The largest absolute Gasteiger partial charge is 0.383 e. The number of methoxy groups -OCH3 is 1. The Labute approximate surface area is 182 Å². The molecule has 6 nitrogen and oxygen atoms in total. The van der Waals surface area contributed by atoms with Crippen LogP contribution in [0.15, 0.2) is 53.5 Å². The van der Waals surface area contributed by atoms with Crippen LogP contribution in [0.1, 0.15) is 18.4 Å². The lowest BCUT2D eigenvalue weighted by Crippen LogP contribution is -2.62. The van der Waals surface area contributed by atoms with Gasteiger partial charge >= 0.3 is 0 Å². The average molecular weight is 427 g/mol. The Balaban J connectivity index is 1.56. The third-order valence-corrected chi connectivity index (χ3v) is 5.94. The van der Waals surface area contributed by atoms with Crippen LogP contribution in [-0.4, -0.2) is 55.5 Å². The van der Waals surface area contributed by atoms with Crippen molar-refractivity contribution in [1.82, 2.24) is 4.90 Å². The summed E-state index contributed by atoms with van der Waals surface area (Å²) in [7, 11) is 1.68. The van der Waals surface area contributed by atoms with Gasteiger partial charge in [0.05, 0.1) is 37.5 Å². The number of anilines is 2. The van der Waals surface area contributed by atoms with E-state index < -0.39 is 5.54 Å². The molecule has 0 aromatic heterocycles. The van der Waals surface area contributed by atoms with Crippen LogP contribution in [0.4, 0.5) is 11.4 Å². The quantitative estimate of drug-likeness (QED) is 0.713. The molecule has 2 aromatic rings. The fraction of sp³-hybridized carbons (Fsp3) is 0.391. The number of ether oxygens (including phenoxy) is 1. The van der Waals surface area contributed by atoms with E-state index in [0.717, 1.165) is 42.2 Å². The van der Waals surface area contributed by atoms with E-state index >= 15 is 0 Å². The van der Waals surface area contributed by atoms with Gasteiger partial charge in [-0.1, -0.05) is 35.9 Å². The molecule has 0 radical (unpaired) electrons. The lowest BCUT2D eigenvalue weighted by Gasteiger charge is -2.47. The molecule has 4 rings (SSSR count). The van der Waals surface area contributed by atoms with Crippen molar-refractivity contribution in [3.63, 3.8) is 0 Å². The van der Waals surface area contributed by atoms with E-state index in [4.69, 9.17) is 21.3 Å². The van der Waals surface area contributed by atoms with Crippen LogP contribution in [0.2, 0.25) is 5.02 Å². The molecule has 1 atom stereocenters. The van der Waals surface area contributed by atoms with Crippen LogP contribution < -0.4 is 10.6 Å². The minimum absolute atomic E-state index is 0.119. The van der Waals surface area contributed by atoms with Crippen LogP contribution in [0.25, 0.3) is 0 Å². The molecule has 0 bridgehead atoms. The maximum absolute atomic E-state index is 13.1. The first-order valence-electron chi connectivity index (χ1n) is 10.3. The summed E-state index contributed by atoms with van der Waals surface area (Å²) in [6.45, 7) is 2.46. The number of nitrogens with zero attached hydrogens (tertiary/aromatic N) is 2. The van der Waals surface area contributed by atoms with Crippen LogP contribution >= 0.6 is 11.6 Å². The van der Waals surface area contributed by atoms with Crippen molar-refractivity contribution in [2.45, 2.75) is 24.8 Å². The highest BCUT2D eigenvalue weighted by Gasteiger charge is 2.44. The molecule has 0 unspecified atom stereocenters.